The maximum atomic E-state index is 13.4. The van der Waals surface area contributed by atoms with Crippen molar-refractivity contribution in [1.29, 1.82) is 0 Å². The molecule has 0 aromatic heterocycles. The van der Waals surface area contributed by atoms with Crippen LogP contribution in [0.25, 0.3) is 0 Å². The molecule has 0 spiro atoms. The van der Waals surface area contributed by atoms with Gasteiger partial charge in [0.25, 0.3) is 0 Å². The molecule has 2 rings (SSSR count). The minimum absolute atomic E-state index is 0.0888. The third kappa shape index (κ3) is 4.08. The predicted molar refractivity (Wildman–Crippen MR) is 77.8 cm³/mol. The van der Waals surface area contributed by atoms with E-state index >= 15 is 0 Å². The van der Waals surface area contributed by atoms with E-state index < -0.39 is 23.4 Å². The van der Waals surface area contributed by atoms with Crippen LogP contribution in [-0.4, -0.2) is 12.5 Å². The van der Waals surface area contributed by atoms with Crippen molar-refractivity contribution < 1.29 is 18.0 Å². The Morgan fingerprint density at radius 2 is 1.77 bits per heavy atom. The molecule has 6 heteroatoms. The van der Waals surface area contributed by atoms with Crippen LogP contribution in [0.2, 0.25) is 0 Å². The summed E-state index contributed by atoms with van der Waals surface area (Å²) in [7, 11) is 0. The van der Waals surface area contributed by atoms with Gasteiger partial charge in [0.15, 0.2) is 11.6 Å². The van der Waals surface area contributed by atoms with E-state index in [-0.39, 0.29) is 18.3 Å². The maximum Gasteiger partial charge on any atom is 0.238 e. The Hall–Kier alpha value is -2.34. The summed E-state index contributed by atoms with van der Waals surface area (Å²) < 4.78 is 39.4. The maximum absolute atomic E-state index is 13.4. The Bertz CT molecular complexity index is 676. The largest absolute Gasteiger partial charge is 0.322 e. The van der Waals surface area contributed by atoms with Crippen molar-refractivity contribution in [2.75, 3.05) is 11.9 Å². The van der Waals surface area contributed by atoms with Crippen molar-refractivity contribution in [1.82, 2.24) is 5.32 Å². The van der Waals surface area contributed by atoms with Crippen molar-refractivity contribution in [2.24, 2.45) is 0 Å². The van der Waals surface area contributed by atoms with Gasteiger partial charge in [0.05, 0.1) is 12.2 Å². The van der Waals surface area contributed by atoms with Gasteiger partial charge in [-0.15, -0.1) is 0 Å². The third-order valence-electron chi connectivity index (χ3n) is 3.16. The lowest BCUT2D eigenvalue weighted by molar-refractivity contribution is -0.115. The van der Waals surface area contributed by atoms with Gasteiger partial charge in [-0.2, -0.15) is 0 Å². The highest BCUT2D eigenvalue weighted by atomic mass is 19.2. The average Bonchev–Trinajstić information content (AvgIpc) is 2.50. The first kappa shape index (κ1) is 16.0. The first-order chi connectivity index (χ1) is 10.5. The van der Waals surface area contributed by atoms with Gasteiger partial charge in [0, 0.05) is 6.04 Å². The Kier molecular flexibility index (Phi) is 5.16. The van der Waals surface area contributed by atoms with Crippen LogP contribution in [0.4, 0.5) is 18.9 Å². The molecule has 0 unspecified atom stereocenters. The van der Waals surface area contributed by atoms with Gasteiger partial charge in [-0.3, -0.25) is 4.79 Å². The summed E-state index contributed by atoms with van der Waals surface area (Å²) in [4.78, 5) is 11.7. The van der Waals surface area contributed by atoms with Crippen LogP contribution >= 0.6 is 0 Å². The third-order valence-corrected chi connectivity index (χ3v) is 3.16. The number of para-hydroxylation sites is 1. The van der Waals surface area contributed by atoms with Gasteiger partial charge >= 0.3 is 0 Å². The lowest BCUT2D eigenvalue weighted by atomic mass is 10.1. The normalized spacial score (nSPS) is 12.0. The average molecular weight is 308 g/mol. The van der Waals surface area contributed by atoms with Crippen molar-refractivity contribution in [2.45, 2.75) is 13.0 Å². The lowest BCUT2D eigenvalue weighted by Crippen LogP contribution is -2.30. The topological polar surface area (TPSA) is 41.1 Å². The van der Waals surface area contributed by atoms with Crippen LogP contribution in [0, 0.1) is 17.5 Å². The number of hydrogen-bond donors (Lipinski definition) is 2. The minimum atomic E-state index is -0.943. The minimum Gasteiger partial charge on any atom is -0.322 e. The smallest absolute Gasteiger partial charge is 0.238 e. The molecule has 0 saturated carbocycles. The summed E-state index contributed by atoms with van der Waals surface area (Å²) in [5.41, 5.74) is 0.604. The van der Waals surface area contributed by atoms with Crippen molar-refractivity contribution in [3.63, 3.8) is 0 Å². The van der Waals surface area contributed by atoms with E-state index in [4.69, 9.17) is 0 Å². The second kappa shape index (κ2) is 7.09. The number of anilines is 1. The second-order valence-corrected chi connectivity index (χ2v) is 4.80. The van der Waals surface area contributed by atoms with Crippen LogP contribution in [0.1, 0.15) is 18.5 Å². The molecule has 0 aliphatic carbocycles. The molecule has 1 amide bonds. The number of halogens is 3. The van der Waals surface area contributed by atoms with Crippen LogP contribution in [0.3, 0.4) is 0 Å². The summed E-state index contributed by atoms with van der Waals surface area (Å²) in [5, 5.41) is 5.29. The molecule has 0 radical (unpaired) electrons. The van der Waals surface area contributed by atoms with Gasteiger partial charge < -0.3 is 10.6 Å². The van der Waals surface area contributed by atoms with Gasteiger partial charge in [0.2, 0.25) is 5.91 Å². The quantitative estimate of drug-likeness (QED) is 0.889. The van der Waals surface area contributed by atoms with E-state index in [1.54, 1.807) is 13.0 Å². The molecule has 22 heavy (non-hydrogen) atoms. The number of carbonyl (C=O) groups excluding carboxylic acids is 1. The highest BCUT2D eigenvalue weighted by Gasteiger charge is 2.11. The fourth-order valence-corrected chi connectivity index (χ4v) is 1.90. The van der Waals surface area contributed by atoms with E-state index in [9.17, 15) is 18.0 Å². The van der Waals surface area contributed by atoms with Crippen molar-refractivity contribution in [3.05, 3.63) is 65.5 Å². The molecule has 0 fully saturated rings. The number of carbonyl (C=O) groups is 1. The molecule has 0 bridgehead atoms. The van der Waals surface area contributed by atoms with Crippen molar-refractivity contribution >= 4 is 11.6 Å². The first-order valence-electron chi connectivity index (χ1n) is 6.70. The Morgan fingerprint density at radius 3 is 2.45 bits per heavy atom. The Labute approximate surface area is 126 Å². The molecular formula is C16H15F3N2O. The molecule has 0 aliphatic rings. The predicted octanol–water partition coefficient (Wildman–Crippen LogP) is 3.39. The molecule has 3 nitrogen and oxygen atoms in total. The standard InChI is InChI=1S/C16H15F3N2O/c1-10(11-6-7-12(17)14(19)8-11)20-9-16(22)21-15-5-3-2-4-13(15)18/h2-8,10,20H,9H2,1H3,(H,21,22)/t10-/m1/s1. The summed E-state index contributed by atoms with van der Waals surface area (Å²) in [6.07, 6.45) is 0. The van der Waals surface area contributed by atoms with E-state index in [1.807, 2.05) is 0 Å². The lowest BCUT2D eigenvalue weighted by Gasteiger charge is -2.14. The number of rotatable bonds is 5. The highest BCUT2D eigenvalue weighted by molar-refractivity contribution is 5.92. The van der Waals surface area contributed by atoms with Crippen LogP contribution < -0.4 is 10.6 Å². The summed E-state index contributed by atoms with van der Waals surface area (Å²) >= 11 is 0. The van der Waals surface area contributed by atoms with Gasteiger partial charge in [-0.25, -0.2) is 13.2 Å². The molecule has 0 heterocycles. The van der Waals surface area contributed by atoms with Gasteiger partial charge in [-0.05, 0) is 36.8 Å². The molecule has 116 valence electrons. The SMILES string of the molecule is C[C@@H](NCC(=O)Nc1ccccc1F)c1ccc(F)c(F)c1. The Balaban J connectivity index is 1.90. The fraction of sp³-hybridized carbons (Fsp3) is 0.188. The summed E-state index contributed by atoms with van der Waals surface area (Å²) in [6.45, 7) is 1.62. The van der Waals surface area contributed by atoms with Crippen LogP contribution in [0.15, 0.2) is 42.5 Å². The molecule has 0 aliphatic heterocycles. The number of benzene rings is 2. The van der Waals surface area contributed by atoms with Crippen LogP contribution in [0.5, 0.6) is 0 Å². The molecule has 2 aromatic rings. The van der Waals surface area contributed by atoms with Crippen molar-refractivity contribution in [3.8, 4) is 0 Å². The van der Waals surface area contributed by atoms with Gasteiger partial charge in [-0.1, -0.05) is 18.2 Å². The zero-order chi connectivity index (χ0) is 16.1. The molecule has 1 atom stereocenters. The molecular weight excluding hydrogens is 293 g/mol. The molecule has 0 saturated heterocycles. The van der Waals surface area contributed by atoms with E-state index in [0.717, 1.165) is 12.1 Å². The summed E-state index contributed by atoms with van der Waals surface area (Å²) in [6, 6.07) is 9.00. The zero-order valence-electron chi connectivity index (χ0n) is 11.9. The summed E-state index contributed by atoms with van der Waals surface area (Å²) in [5.74, 6) is -2.82. The first-order valence-corrected chi connectivity index (χ1v) is 6.70. The zero-order valence-corrected chi connectivity index (χ0v) is 11.9. The van der Waals surface area contributed by atoms with Crippen LogP contribution in [-0.2, 0) is 4.79 Å². The van der Waals surface area contributed by atoms with E-state index in [0.29, 0.717) is 5.56 Å². The second-order valence-electron chi connectivity index (χ2n) is 4.80. The number of nitrogens with one attached hydrogen (secondary N) is 2. The molecule has 2 aromatic carbocycles. The Morgan fingerprint density at radius 1 is 1.05 bits per heavy atom. The monoisotopic (exact) mass is 308 g/mol. The van der Waals surface area contributed by atoms with Gasteiger partial charge in [0.1, 0.15) is 5.82 Å². The fourth-order valence-electron chi connectivity index (χ4n) is 1.90. The highest BCUT2D eigenvalue weighted by Crippen LogP contribution is 2.16. The molecule has 2 N–H and O–H groups in total. The number of hydrogen-bond acceptors (Lipinski definition) is 2. The van der Waals surface area contributed by atoms with E-state index in [2.05, 4.69) is 10.6 Å². The number of amides is 1. The van der Waals surface area contributed by atoms with E-state index in [1.165, 1.54) is 24.3 Å².